The van der Waals surface area contributed by atoms with E-state index in [1.807, 2.05) is 30.3 Å². The molecule has 0 radical (unpaired) electrons. The lowest BCUT2D eigenvalue weighted by atomic mass is 9.91. The largest absolute Gasteiger partial charge is 0.460 e. The molecule has 1 atom stereocenters. The van der Waals surface area contributed by atoms with E-state index in [0.29, 0.717) is 6.61 Å². The fourth-order valence-corrected chi connectivity index (χ4v) is 2.09. The summed E-state index contributed by atoms with van der Waals surface area (Å²) in [4.78, 5) is 11.8. The first kappa shape index (κ1) is 12.1. The molecule has 0 aliphatic carbocycles. The molecule has 1 aromatic rings. The SMILES string of the molecule is CC1(C)CN[C@H](C(=O)OCc2ccccc2)C1. The van der Waals surface area contributed by atoms with Crippen molar-refractivity contribution in [3.8, 4) is 0 Å². The summed E-state index contributed by atoms with van der Waals surface area (Å²) in [5.41, 5.74) is 1.22. The van der Waals surface area contributed by atoms with Crippen LogP contribution in [0.15, 0.2) is 30.3 Å². The summed E-state index contributed by atoms with van der Waals surface area (Å²) in [7, 11) is 0. The van der Waals surface area contributed by atoms with Gasteiger partial charge in [-0.1, -0.05) is 44.2 Å². The summed E-state index contributed by atoms with van der Waals surface area (Å²) in [6, 6.07) is 9.61. The third-order valence-electron chi connectivity index (χ3n) is 3.09. The first-order valence-corrected chi connectivity index (χ1v) is 6.01. The fourth-order valence-electron chi connectivity index (χ4n) is 2.09. The zero-order chi connectivity index (χ0) is 12.3. The van der Waals surface area contributed by atoms with E-state index >= 15 is 0 Å². The number of hydrogen-bond acceptors (Lipinski definition) is 3. The predicted molar refractivity (Wildman–Crippen MR) is 66.4 cm³/mol. The van der Waals surface area contributed by atoms with Gasteiger partial charge in [0.25, 0.3) is 0 Å². The maximum Gasteiger partial charge on any atom is 0.323 e. The molecule has 17 heavy (non-hydrogen) atoms. The van der Waals surface area contributed by atoms with Crippen LogP contribution in [0.2, 0.25) is 0 Å². The van der Waals surface area contributed by atoms with Crippen molar-refractivity contribution >= 4 is 5.97 Å². The summed E-state index contributed by atoms with van der Waals surface area (Å²) in [5.74, 6) is -0.139. The highest BCUT2D eigenvalue weighted by molar-refractivity contribution is 5.76. The van der Waals surface area contributed by atoms with Crippen molar-refractivity contribution in [2.24, 2.45) is 5.41 Å². The van der Waals surface area contributed by atoms with Crippen LogP contribution >= 0.6 is 0 Å². The van der Waals surface area contributed by atoms with Gasteiger partial charge in [-0.25, -0.2) is 0 Å². The van der Waals surface area contributed by atoms with Crippen LogP contribution in [-0.4, -0.2) is 18.6 Å². The third-order valence-corrected chi connectivity index (χ3v) is 3.09. The number of rotatable bonds is 3. The van der Waals surface area contributed by atoms with Crippen LogP contribution in [0, 0.1) is 5.41 Å². The Bertz CT molecular complexity index is 386. The van der Waals surface area contributed by atoms with Gasteiger partial charge in [-0.15, -0.1) is 0 Å². The van der Waals surface area contributed by atoms with E-state index in [-0.39, 0.29) is 17.4 Å². The average molecular weight is 233 g/mol. The molecule has 0 amide bonds. The normalized spacial score (nSPS) is 22.4. The molecule has 3 heteroatoms. The van der Waals surface area contributed by atoms with Gasteiger partial charge >= 0.3 is 5.97 Å². The van der Waals surface area contributed by atoms with Gasteiger partial charge in [0.2, 0.25) is 0 Å². The van der Waals surface area contributed by atoms with E-state index in [1.54, 1.807) is 0 Å². The summed E-state index contributed by atoms with van der Waals surface area (Å²) >= 11 is 0. The molecule has 1 heterocycles. The van der Waals surface area contributed by atoms with Crippen LogP contribution in [-0.2, 0) is 16.1 Å². The summed E-state index contributed by atoms with van der Waals surface area (Å²) in [6.07, 6.45) is 0.848. The van der Waals surface area contributed by atoms with Crippen LogP contribution in [0.5, 0.6) is 0 Å². The van der Waals surface area contributed by atoms with Crippen LogP contribution < -0.4 is 5.32 Å². The molecular formula is C14H19NO2. The minimum atomic E-state index is -0.145. The van der Waals surface area contributed by atoms with Crippen molar-refractivity contribution in [3.05, 3.63) is 35.9 Å². The van der Waals surface area contributed by atoms with E-state index in [9.17, 15) is 4.79 Å². The number of esters is 1. The molecular weight excluding hydrogens is 214 g/mol. The Kier molecular flexibility index (Phi) is 3.48. The number of carbonyl (C=O) groups excluding carboxylic acids is 1. The Balaban J connectivity index is 1.83. The molecule has 2 rings (SSSR count). The Hall–Kier alpha value is -1.35. The molecule has 0 saturated carbocycles. The molecule has 0 bridgehead atoms. The molecule has 0 aromatic heterocycles. The smallest absolute Gasteiger partial charge is 0.323 e. The number of benzene rings is 1. The molecule has 1 aromatic carbocycles. The van der Waals surface area contributed by atoms with E-state index < -0.39 is 0 Å². The lowest BCUT2D eigenvalue weighted by molar-refractivity contribution is -0.147. The lowest BCUT2D eigenvalue weighted by Gasteiger charge is -2.14. The van der Waals surface area contributed by atoms with Crippen molar-refractivity contribution < 1.29 is 9.53 Å². The Morgan fingerprint density at radius 2 is 2.12 bits per heavy atom. The number of ether oxygens (including phenoxy) is 1. The molecule has 1 aliphatic heterocycles. The number of hydrogen-bond donors (Lipinski definition) is 1. The van der Waals surface area contributed by atoms with Crippen LogP contribution in [0.3, 0.4) is 0 Å². The molecule has 92 valence electrons. The van der Waals surface area contributed by atoms with Crippen molar-refractivity contribution in [2.75, 3.05) is 6.54 Å². The van der Waals surface area contributed by atoms with Crippen LogP contribution in [0.4, 0.5) is 0 Å². The second kappa shape index (κ2) is 4.88. The average Bonchev–Trinajstić information content (AvgIpc) is 2.68. The highest BCUT2D eigenvalue weighted by Gasteiger charge is 2.35. The third kappa shape index (κ3) is 3.30. The standard InChI is InChI=1S/C14H19NO2/c1-14(2)8-12(15-10-14)13(16)17-9-11-6-4-3-5-7-11/h3-7,12,15H,8-10H2,1-2H3/t12-/m0/s1. The van der Waals surface area contributed by atoms with Crippen LogP contribution in [0.1, 0.15) is 25.8 Å². The fraction of sp³-hybridized carbons (Fsp3) is 0.500. The summed E-state index contributed by atoms with van der Waals surface area (Å²) < 4.78 is 5.30. The summed E-state index contributed by atoms with van der Waals surface area (Å²) in [6.45, 7) is 5.55. The quantitative estimate of drug-likeness (QED) is 0.813. The Morgan fingerprint density at radius 3 is 2.71 bits per heavy atom. The first-order chi connectivity index (χ1) is 8.07. The van der Waals surface area contributed by atoms with Gasteiger partial charge in [-0.05, 0) is 17.4 Å². The zero-order valence-corrected chi connectivity index (χ0v) is 10.4. The minimum absolute atomic E-state index is 0.139. The second-order valence-corrected chi connectivity index (χ2v) is 5.40. The molecule has 0 unspecified atom stereocenters. The van der Waals surface area contributed by atoms with Gasteiger partial charge in [0, 0.05) is 6.54 Å². The predicted octanol–water partition coefficient (Wildman–Crippen LogP) is 2.12. The second-order valence-electron chi connectivity index (χ2n) is 5.40. The molecule has 1 saturated heterocycles. The van der Waals surface area contributed by atoms with E-state index in [4.69, 9.17) is 4.74 Å². The number of carbonyl (C=O) groups is 1. The minimum Gasteiger partial charge on any atom is -0.460 e. The van der Waals surface area contributed by atoms with Crippen molar-refractivity contribution in [1.82, 2.24) is 5.32 Å². The van der Waals surface area contributed by atoms with Crippen molar-refractivity contribution in [2.45, 2.75) is 32.9 Å². The maximum absolute atomic E-state index is 11.8. The van der Waals surface area contributed by atoms with Gasteiger partial charge in [-0.2, -0.15) is 0 Å². The Labute approximate surface area is 102 Å². The molecule has 1 N–H and O–H groups in total. The van der Waals surface area contributed by atoms with E-state index in [2.05, 4.69) is 19.2 Å². The maximum atomic E-state index is 11.8. The van der Waals surface area contributed by atoms with Gasteiger partial charge in [0.05, 0.1) is 0 Å². The lowest BCUT2D eigenvalue weighted by Crippen LogP contribution is -2.32. The Morgan fingerprint density at radius 1 is 1.41 bits per heavy atom. The van der Waals surface area contributed by atoms with E-state index in [0.717, 1.165) is 18.5 Å². The monoisotopic (exact) mass is 233 g/mol. The molecule has 3 nitrogen and oxygen atoms in total. The van der Waals surface area contributed by atoms with Crippen molar-refractivity contribution in [1.29, 1.82) is 0 Å². The van der Waals surface area contributed by atoms with Gasteiger partial charge in [0.15, 0.2) is 0 Å². The van der Waals surface area contributed by atoms with Crippen molar-refractivity contribution in [3.63, 3.8) is 0 Å². The summed E-state index contributed by atoms with van der Waals surface area (Å²) in [5, 5.41) is 3.21. The number of nitrogens with one attached hydrogen (secondary N) is 1. The zero-order valence-electron chi connectivity index (χ0n) is 10.4. The van der Waals surface area contributed by atoms with Gasteiger partial charge in [0.1, 0.15) is 12.6 Å². The van der Waals surface area contributed by atoms with Gasteiger partial charge < -0.3 is 10.1 Å². The molecule has 1 aliphatic rings. The molecule has 1 fully saturated rings. The van der Waals surface area contributed by atoms with Crippen LogP contribution in [0.25, 0.3) is 0 Å². The highest BCUT2D eigenvalue weighted by Crippen LogP contribution is 2.27. The van der Waals surface area contributed by atoms with Gasteiger partial charge in [-0.3, -0.25) is 4.79 Å². The highest BCUT2D eigenvalue weighted by atomic mass is 16.5. The van der Waals surface area contributed by atoms with E-state index in [1.165, 1.54) is 0 Å². The first-order valence-electron chi connectivity index (χ1n) is 6.01. The topological polar surface area (TPSA) is 38.3 Å². The molecule has 0 spiro atoms.